The Bertz CT molecular complexity index is 2660. The molecule has 0 bridgehead atoms. The minimum absolute atomic E-state index is 0.300. The van der Waals surface area contributed by atoms with Crippen molar-refractivity contribution in [2.45, 2.75) is 24.7 Å². The van der Waals surface area contributed by atoms with Gasteiger partial charge in [-0.3, -0.25) is 4.90 Å². The van der Waals surface area contributed by atoms with Gasteiger partial charge in [0.05, 0.1) is 16.8 Å². The molecule has 1 aliphatic heterocycles. The van der Waals surface area contributed by atoms with Gasteiger partial charge in [0, 0.05) is 16.5 Å². The van der Waals surface area contributed by atoms with E-state index in [4.69, 9.17) is 15.0 Å². The van der Waals surface area contributed by atoms with Crippen molar-refractivity contribution < 1.29 is 0 Å². The molecular weight excluding hydrogens is 645 g/mol. The summed E-state index contributed by atoms with van der Waals surface area (Å²) < 4.78 is 0. The number of hydrogen-bond donors (Lipinski definition) is 0. The first kappa shape index (κ1) is 30.0. The van der Waals surface area contributed by atoms with Gasteiger partial charge >= 0.3 is 0 Å². The Kier molecular flexibility index (Phi) is 6.19. The van der Waals surface area contributed by atoms with Crippen molar-refractivity contribution in [3.63, 3.8) is 0 Å². The minimum Gasteiger partial charge on any atom is -0.278 e. The van der Waals surface area contributed by atoms with Crippen LogP contribution in [0.2, 0.25) is 0 Å². The number of para-hydroxylation sites is 1. The SMILES string of the molecule is CC1(C)c2ccccc2N(c2nc(-c3ccccc3)nc(-c3ccccc3)n2)c2cc3c(cc21)-c1ccccc1C31c2ccccc2-c2ccccc21. The van der Waals surface area contributed by atoms with Gasteiger partial charge in [-0.25, -0.2) is 4.98 Å². The van der Waals surface area contributed by atoms with Crippen LogP contribution < -0.4 is 4.90 Å². The normalized spacial score (nSPS) is 14.9. The molecule has 0 saturated carbocycles. The van der Waals surface area contributed by atoms with E-state index in [1.165, 1.54) is 55.6 Å². The van der Waals surface area contributed by atoms with Crippen LogP contribution in [0, 0.1) is 0 Å². The maximum atomic E-state index is 5.30. The number of fused-ring (bicyclic) bond motifs is 12. The lowest BCUT2D eigenvalue weighted by atomic mass is 9.68. The second-order valence-electron chi connectivity index (χ2n) is 14.8. The molecule has 4 nitrogen and oxygen atoms in total. The number of benzene rings is 7. The summed E-state index contributed by atoms with van der Waals surface area (Å²) in [5.41, 5.74) is 16.2. The molecule has 0 amide bonds. The molecule has 11 rings (SSSR count). The number of rotatable bonds is 3. The lowest BCUT2D eigenvalue weighted by Crippen LogP contribution is -2.32. The molecule has 0 radical (unpaired) electrons. The maximum absolute atomic E-state index is 5.30. The lowest BCUT2D eigenvalue weighted by Gasteiger charge is -2.42. The zero-order chi connectivity index (χ0) is 35.3. The lowest BCUT2D eigenvalue weighted by molar-refractivity contribution is 0.630. The molecule has 0 saturated heterocycles. The van der Waals surface area contributed by atoms with E-state index >= 15 is 0 Å². The van der Waals surface area contributed by atoms with Crippen LogP contribution in [0.15, 0.2) is 170 Å². The summed E-state index contributed by atoms with van der Waals surface area (Å²) in [6.07, 6.45) is 0. The summed E-state index contributed by atoms with van der Waals surface area (Å²) in [6, 6.07) is 61.1. The van der Waals surface area contributed by atoms with Crippen molar-refractivity contribution in [2.24, 2.45) is 0 Å². The summed E-state index contributed by atoms with van der Waals surface area (Å²) >= 11 is 0. The van der Waals surface area contributed by atoms with Gasteiger partial charge in [0.1, 0.15) is 0 Å². The molecule has 250 valence electrons. The van der Waals surface area contributed by atoms with Gasteiger partial charge in [0.15, 0.2) is 11.6 Å². The summed E-state index contributed by atoms with van der Waals surface area (Å²) in [4.78, 5) is 17.9. The van der Waals surface area contributed by atoms with E-state index in [-0.39, 0.29) is 5.41 Å². The molecule has 53 heavy (non-hydrogen) atoms. The van der Waals surface area contributed by atoms with E-state index in [9.17, 15) is 0 Å². The van der Waals surface area contributed by atoms with Crippen molar-refractivity contribution in [2.75, 3.05) is 4.90 Å². The highest BCUT2D eigenvalue weighted by molar-refractivity contribution is 5.98. The Morgan fingerprint density at radius 3 is 1.38 bits per heavy atom. The topological polar surface area (TPSA) is 41.9 Å². The fourth-order valence-electron chi connectivity index (χ4n) is 9.40. The fraction of sp³-hybridized carbons (Fsp3) is 0.0816. The van der Waals surface area contributed by atoms with Gasteiger partial charge in [-0.15, -0.1) is 0 Å². The summed E-state index contributed by atoms with van der Waals surface area (Å²) in [7, 11) is 0. The van der Waals surface area contributed by atoms with Crippen LogP contribution in [0.3, 0.4) is 0 Å². The van der Waals surface area contributed by atoms with Gasteiger partial charge in [-0.05, 0) is 73.8 Å². The van der Waals surface area contributed by atoms with Gasteiger partial charge in [-0.1, -0.05) is 166 Å². The fourth-order valence-corrected chi connectivity index (χ4v) is 9.40. The van der Waals surface area contributed by atoms with Crippen molar-refractivity contribution in [1.82, 2.24) is 15.0 Å². The predicted molar refractivity (Wildman–Crippen MR) is 214 cm³/mol. The van der Waals surface area contributed by atoms with Crippen LogP contribution in [-0.2, 0) is 10.8 Å². The quantitative estimate of drug-likeness (QED) is 0.187. The third kappa shape index (κ3) is 4.03. The molecule has 0 atom stereocenters. The molecule has 4 heteroatoms. The second kappa shape index (κ2) is 10.9. The largest absolute Gasteiger partial charge is 0.278 e. The Balaban J connectivity index is 1.25. The van der Waals surface area contributed by atoms with Crippen LogP contribution in [0.5, 0.6) is 0 Å². The van der Waals surface area contributed by atoms with Crippen molar-refractivity contribution in [3.05, 3.63) is 203 Å². The van der Waals surface area contributed by atoms with Crippen LogP contribution >= 0.6 is 0 Å². The van der Waals surface area contributed by atoms with E-state index < -0.39 is 5.41 Å². The Labute approximate surface area is 309 Å². The zero-order valence-electron chi connectivity index (χ0n) is 29.5. The number of aromatic nitrogens is 3. The highest BCUT2D eigenvalue weighted by Gasteiger charge is 2.53. The molecule has 8 aromatic rings. The second-order valence-corrected chi connectivity index (χ2v) is 14.8. The Morgan fingerprint density at radius 1 is 0.377 bits per heavy atom. The highest BCUT2D eigenvalue weighted by Crippen LogP contribution is 2.65. The molecule has 7 aromatic carbocycles. The molecule has 1 aromatic heterocycles. The van der Waals surface area contributed by atoms with Gasteiger partial charge in [0.25, 0.3) is 0 Å². The Morgan fingerprint density at radius 2 is 0.830 bits per heavy atom. The number of nitrogens with zero attached hydrogens (tertiary/aromatic N) is 4. The third-order valence-electron chi connectivity index (χ3n) is 11.7. The van der Waals surface area contributed by atoms with Crippen LogP contribution in [-0.4, -0.2) is 15.0 Å². The molecule has 3 aliphatic rings. The number of hydrogen-bond acceptors (Lipinski definition) is 4. The van der Waals surface area contributed by atoms with Crippen LogP contribution in [0.4, 0.5) is 17.3 Å². The monoisotopic (exact) mass is 678 g/mol. The summed E-state index contributed by atoms with van der Waals surface area (Å²) in [5, 5.41) is 0. The van der Waals surface area contributed by atoms with E-state index in [0.29, 0.717) is 17.6 Å². The van der Waals surface area contributed by atoms with Gasteiger partial charge in [-0.2, -0.15) is 9.97 Å². The average molecular weight is 679 g/mol. The third-order valence-corrected chi connectivity index (χ3v) is 11.7. The first-order valence-corrected chi connectivity index (χ1v) is 18.3. The molecular formula is C49H34N4. The highest BCUT2D eigenvalue weighted by atomic mass is 15.3. The van der Waals surface area contributed by atoms with Crippen LogP contribution in [0.25, 0.3) is 45.0 Å². The number of anilines is 3. The Hall–Kier alpha value is -6.65. The van der Waals surface area contributed by atoms with E-state index in [1.54, 1.807) is 0 Å². The van der Waals surface area contributed by atoms with Crippen LogP contribution in [0.1, 0.15) is 47.2 Å². The van der Waals surface area contributed by atoms with Gasteiger partial charge < -0.3 is 0 Å². The molecule has 2 aliphatic carbocycles. The standard InChI is InChI=1S/C49H34N4/c1-48(2)40-27-15-16-28-43(40)53(47-51-45(31-17-5-3-6-18-31)50-46(52-47)32-19-7-4-8-20-32)44-30-41-36(29-42(44)48)35-23-11-14-26-39(35)49(41)37-24-12-9-21-33(37)34-22-10-13-25-38(34)49/h3-30H,1-2H3. The van der Waals surface area contributed by atoms with E-state index in [2.05, 4.69) is 152 Å². The van der Waals surface area contributed by atoms with Crippen molar-refractivity contribution >= 4 is 17.3 Å². The van der Waals surface area contributed by atoms with Crippen molar-refractivity contribution in [3.8, 4) is 45.0 Å². The van der Waals surface area contributed by atoms with E-state index in [1.807, 2.05) is 36.4 Å². The summed E-state index contributed by atoms with van der Waals surface area (Å²) in [5.74, 6) is 1.88. The van der Waals surface area contributed by atoms with E-state index in [0.717, 1.165) is 22.5 Å². The average Bonchev–Trinajstić information content (AvgIpc) is 3.68. The first-order valence-electron chi connectivity index (χ1n) is 18.3. The molecule has 1 spiro atoms. The maximum Gasteiger partial charge on any atom is 0.238 e. The molecule has 0 fully saturated rings. The molecule has 0 unspecified atom stereocenters. The first-order chi connectivity index (χ1) is 26.0. The smallest absolute Gasteiger partial charge is 0.238 e. The summed E-state index contributed by atoms with van der Waals surface area (Å²) in [6.45, 7) is 4.70. The molecule has 2 heterocycles. The minimum atomic E-state index is -0.468. The van der Waals surface area contributed by atoms with Crippen molar-refractivity contribution in [1.29, 1.82) is 0 Å². The molecule has 0 N–H and O–H groups in total. The zero-order valence-corrected chi connectivity index (χ0v) is 29.5. The van der Waals surface area contributed by atoms with Gasteiger partial charge in [0.2, 0.25) is 5.95 Å². The predicted octanol–water partition coefficient (Wildman–Crippen LogP) is 11.7.